The van der Waals surface area contributed by atoms with Crippen LogP contribution in [0.15, 0.2) is 35.6 Å². The van der Waals surface area contributed by atoms with Crippen molar-refractivity contribution >= 4 is 23.3 Å². The van der Waals surface area contributed by atoms with E-state index in [9.17, 15) is 4.39 Å². The highest BCUT2D eigenvalue weighted by molar-refractivity contribution is 6.31. The van der Waals surface area contributed by atoms with Crippen LogP contribution in [0.1, 0.15) is 34.7 Å². The fraction of sp³-hybridized carbons (Fsp3) is 0.235. The van der Waals surface area contributed by atoms with E-state index in [1.165, 1.54) is 12.1 Å². The van der Waals surface area contributed by atoms with E-state index in [0.717, 1.165) is 28.1 Å². The Labute approximate surface area is 144 Å². The summed E-state index contributed by atoms with van der Waals surface area (Å²) in [6.07, 6.45) is 2.96. The maximum atomic E-state index is 13.7. The molecule has 0 amide bonds. The van der Waals surface area contributed by atoms with Crippen molar-refractivity contribution in [1.82, 2.24) is 10.4 Å². The number of nitrogens with zero attached hydrogens (tertiary/aromatic N) is 2. The third-order valence-electron chi connectivity index (χ3n) is 4.12. The summed E-state index contributed by atoms with van der Waals surface area (Å²) < 4.78 is 13.7. The maximum absolute atomic E-state index is 13.7. The smallest absolute Gasteiger partial charge is 0.206 e. The van der Waals surface area contributed by atoms with Gasteiger partial charge in [-0.15, -0.1) is 0 Å². The first kappa shape index (κ1) is 16.4. The zero-order valence-electron chi connectivity index (χ0n) is 13.1. The van der Waals surface area contributed by atoms with Gasteiger partial charge in [0.1, 0.15) is 5.82 Å². The van der Waals surface area contributed by atoms with Gasteiger partial charge in [-0.2, -0.15) is 5.10 Å². The van der Waals surface area contributed by atoms with E-state index in [0.29, 0.717) is 17.9 Å². The summed E-state index contributed by atoms with van der Waals surface area (Å²) in [4.78, 5) is 4.45. The third-order valence-corrected chi connectivity index (χ3v) is 4.46. The number of nitrogens with one attached hydrogen (secondary N) is 2. The number of pyridine rings is 1. The summed E-state index contributed by atoms with van der Waals surface area (Å²) in [5.74, 6) is -0.600. The molecular weight excluding hydrogens is 329 g/mol. The van der Waals surface area contributed by atoms with Gasteiger partial charge in [-0.25, -0.2) is 9.82 Å². The van der Waals surface area contributed by atoms with Crippen molar-refractivity contribution in [3.63, 3.8) is 0 Å². The highest BCUT2D eigenvalue weighted by Crippen LogP contribution is 2.36. The van der Waals surface area contributed by atoms with Crippen LogP contribution in [0.2, 0.25) is 5.02 Å². The Kier molecular flexibility index (Phi) is 4.49. The first-order valence-electron chi connectivity index (χ1n) is 7.52. The van der Waals surface area contributed by atoms with Crippen LogP contribution >= 0.6 is 11.6 Å². The number of fused-ring (bicyclic) bond motifs is 1. The molecule has 2 aromatic rings. The summed E-state index contributed by atoms with van der Waals surface area (Å²) in [5.41, 5.74) is 12.2. The fourth-order valence-corrected chi connectivity index (χ4v) is 3.35. The lowest BCUT2D eigenvalue weighted by atomic mass is 9.80. The van der Waals surface area contributed by atoms with E-state index in [1.807, 2.05) is 13.0 Å². The van der Waals surface area contributed by atoms with E-state index in [2.05, 4.69) is 15.5 Å². The van der Waals surface area contributed by atoms with Crippen LogP contribution in [0.25, 0.3) is 0 Å². The van der Waals surface area contributed by atoms with E-state index in [1.54, 1.807) is 12.3 Å². The van der Waals surface area contributed by atoms with E-state index < -0.39 is 0 Å². The number of rotatable bonds is 2. The molecular formula is C17H17ClFN5. The molecule has 0 radical (unpaired) electrons. The minimum Gasteiger partial charge on any atom is -0.369 e. The van der Waals surface area contributed by atoms with Crippen LogP contribution in [0, 0.1) is 18.2 Å². The van der Waals surface area contributed by atoms with Crippen LogP contribution in [-0.4, -0.2) is 16.7 Å². The quantitative estimate of drug-likeness (QED) is 0.444. The molecule has 1 aliphatic rings. The second-order valence-electron chi connectivity index (χ2n) is 5.80. The lowest BCUT2D eigenvalue weighted by molar-refractivity contribution is 0.614. The summed E-state index contributed by atoms with van der Waals surface area (Å²) in [6.45, 7) is 1.99. The summed E-state index contributed by atoms with van der Waals surface area (Å²) in [6, 6.07) is 6.29. The molecule has 5 nitrogen and oxygen atoms in total. The number of hydrogen-bond donors (Lipinski definition) is 3. The van der Waals surface area contributed by atoms with Crippen LogP contribution in [-0.2, 0) is 6.42 Å². The first-order valence-corrected chi connectivity index (χ1v) is 7.90. The Morgan fingerprint density at radius 2 is 2.21 bits per heavy atom. The molecule has 0 spiro atoms. The van der Waals surface area contributed by atoms with Crippen LogP contribution in [0.3, 0.4) is 0 Å². The molecule has 1 heterocycles. The van der Waals surface area contributed by atoms with Gasteiger partial charge >= 0.3 is 0 Å². The van der Waals surface area contributed by atoms with Crippen LogP contribution in [0.4, 0.5) is 4.39 Å². The van der Waals surface area contributed by atoms with Crippen molar-refractivity contribution in [3.05, 3.63) is 63.7 Å². The monoisotopic (exact) mass is 345 g/mol. The molecule has 0 saturated carbocycles. The SMILES string of the molecule is Cc1ccnc2c1/C(=N\NC(=N)N)C[C@@H](c1cc(F)ccc1Cl)C2. The van der Waals surface area contributed by atoms with Crippen molar-refractivity contribution in [3.8, 4) is 0 Å². The zero-order chi connectivity index (χ0) is 17.3. The summed E-state index contributed by atoms with van der Waals surface area (Å²) in [7, 11) is 0. The molecule has 0 fully saturated rings. The normalized spacial score (nSPS) is 18.3. The Morgan fingerprint density at radius 1 is 1.42 bits per heavy atom. The number of hydrazone groups is 1. The lowest BCUT2D eigenvalue weighted by Gasteiger charge is -2.27. The minimum atomic E-state index is -0.322. The first-order chi connectivity index (χ1) is 11.5. The van der Waals surface area contributed by atoms with E-state index >= 15 is 0 Å². The van der Waals surface area contributed by atoms with Crippen molar-refractivity contribution in [2.45, 2.75) is 25.7 Å². The highest BCUT2D eigenvalue weighted by atomic mass is 35.5. The summed E-state index contributed by atoms with van der Waals surface area (Å²) >= 11 is 6.27. The largest absolute Gasteiger partial charge is 0.369 e. The average molecular weight is 346 g/mol. The lowest BCUT2D eigenvalue weighted by Crippen LogP contribution is -2.29. The van der Waals surface area contributed by atoms with E-state index in [-0.39, 0.29) is 17.7 Å². The highest BCUT2D eigenvalue weighted by Gasteiger charge is 2.28. The third kappa shape index (κ3) is 3.23. The molecule has 0 aliphatic heterocycles. The second kappa shape index (κ2) is 6.57. The van der Waals surface area contributed by atoms with Gasteiger partial charge in [0.25, 0.3) is 0 Å². The topological polar surface area (TPSA) is 87.2 Å². The van der Waals surface area contributed by atoms with Gasteiger partial charge in [-0.05, 0) is 61.1 Å². The van der Waals surface area contributed by atoms with Gasteiger partial charge in [0.05, 0.1) is 11.4 Å². The van der Waals surface area contributed by atoms with Crippen molar-refractivity contribution in [2.24, 2.45) is 10.8 Å². The Hall–Kier alpha value is -2.47. The molecule has 7 heteroatoms. The number of hydrogen-bond acceptors (Lipinski definition) is 3. The number of guanidine groups is 1. The fourth-order valence-electron chi connectivity index (χ4n) is 3.08. The average Bonchev–Trinajstić information content (AvgIpc) is 2.54. The molecule has 1 aliphatic carbocycles. The van der Waals surface area contributed by atoms with Gasteiger partial charge in [0, 0.05) is 16.8 Å². The number of aromatic nitrogens is 1. The molecule has 0 bridgehead atoms. The van der Waals surface area contributed by atoms with Crippen LogP contribution < -0.4 is 11.2 Å². The molecule has 124 valence electrons. The van der Waals surface area contributed by atoms with Crippen LogP contribution in [0.5, 0.6) is 0 Å². The molecule has 24 heavy (non-hydrogen) atoms. The van der Waals surface area contributed by atoms with Gasteiger partial charge < -0.3 is 5.73 Å². The maximum Gasteiger partial charge on any atom is 0.206 e. The van der Waals surface area contributed by atoms with Gasteiger partial charge in [0.2, 0.25) is 5.96 Å². The predicted molar refractivity (Wildman–Crippen MR) is 93.0 cm³/mol. The van der Waals surface area contributed by atoms with E-state index in [4.69, 9.17) is 22.7 Å². The Bertz CT molecular complexity index is 834. The molecule has 3 rings (SSSR count). The summed E-state index contributed by atoms with van der Waals surface area (Å²) in [5, 5.41) is 12.1. The Morgan fingerprint density at radius 3 is 2.96 bits per heavy atom. The van der Waals surface area contributed by atoms with Gasteiger partial charge in [-0.3, -0.25) is 10.4 Å². The number of halogens is 2. The molecule has 1 atom stereocenters. The van der Waals surface area contributed by atoms with Gasteiger partial charge in [0.15, 0.2) is 0 Å². The standard InChI is InChI=1S/C17H17ClFN5/c1-9-4-5-22-14-6-10(12-8-11(19)2-3-13(12)18)7-15(16(9)14)23-24-17(20)21/h2-5,8,10H,6-7H2,1H3,(H4,20,21,24)/b23-15-/t10-/m0/s1. The number of nitrogens with two attached hydrogens (primary N) is 1. The molecule has 1 aromatic carbocycles. The Balaban J connectivity index is 2.06. The van der Waals surface area contributed by atoms with Crippen molar-refractivity contribution < 1.29 is 4.39 Å². The van der Waals surface area contributed by atoms with Crippen molar-refractivity contribution in [2.75, 3.05) is 0 Å². The molecule has 0 unspecified atom stereocenters. The molecule has 1 aromatic heterocycles. The number of benzene rings is 1. The number of aryl methyl sites for hydroxylation is 1. The van der Waals surface area contributed by atoms with Crippen molar-refractivity contribution in [1.29, 1.82) is 5.41 Å². The molecule has 4 N–H and O–H groups in total. The molecule has 0 saturated heterocycles. The zero-order valence-corrected chi connectivity index (χ0v) is 13.9. The minimum absolute atomic E-state index is 0.0393. The predicted octanol–water partition coefficient (Wildman–Crippen LogP) is 3.10. The second-order valence-corrected chi connectivity index (χ2v) is 6.21. The van der Waals surface area contributed by atoms with Gasteiger partial charge in [-0.1, -0.05) is 11.6 Å².